The fourth-order valence-electron chi connectivity index (χ4n) is 1.12. The number of aliphatic imine (C=N–C) groups is 2. The number of aryl methyl sites for hydroxylation is 1. The van der Waals surface area contributed by atoms with Crippen molar-refractivity contribution in [1.82, 2.24) is 0 Å². The highest BCUT2D eigenvalue weighted by Gasteiger charge is 1.95. The Morgan fingerprint density at radius 3 is 2.24 bits per heavy atom. The summed E-state index contributed by atoms with van der Waals surface area (Å²) in [5.41, 5.74) is 18.1. The van der Waals surface area contributed by atoms with Crippen molar-refractivity contribution in [3.8, 4) is 0 Å². The molecule has 5 nitrogen and oxygen atoms in total. The van der Waals surface area contributed by atoms with Crippen molar-refractivity contribution in [3.05, 3.63) is 35.4 Å². The van der Waals surface area contributed by atoms with Crippen LogP contribution in [0.4, 0.5) is 0 Å². The summed E-state index contributed by atoms with van der Waals surface area (Å²) in [4.78, 5) is 7.66. The average molecular weight is 235 g/mol. The highest BCUT2D eigenvalue weighted by Crippen LogP contribution is 2.07. The van der Waals surface area contributed by atoms with Crippen LogP contribution in [0.25, 0.3) is 0 Å². The molecule has 6 N–H and O–H groups in total. The van der Waals surface area contributed by atoms with Gasteiger partial charge in [-0.05, 0) is 18.1 Å². The van der Waals surface area contributed by atoms with Crippen molar-refractivity contribution in [2.75, 3.05) is 0 Å². The maximum absolute atomic E-state index is 5.48. The molecule has 0 unspecified atom stereocenters. The van der Waals surface area contributed by atoms with Gasteiger partial charge in [0, 0.05) is 0 Å². The van der Waals surface area contributed by atoms with Gasteiger partial charge in [-0.2, -0.15) is 4.99 Å². The topological polar surface area (TPSA) is 103 Å². The van der Waals surface area contributed by atoms with Gasteiger partial charge in [-0.15, -0.1) is 0 Å². The van der Waals surface area contributed by atoms with E-state index in [4.69, 9.17) is 17.2 Å². The van der Waals surface area contributed by atoms with Crippen LogP contribution in [0.5, 0.6) is 0 Å². The molecular weight excluding hydrogens is 214 g/mol. The van der Waals surface area contributed by atoms with Gasteiger partial charge in [0.25, 0.3) is 0 Å². The minimum Gasteiger partial charge on any atom is -0.370 e. The van der Waals surface area contributed by atoms with E-state index in [9.17, 15) is 0 Å². The molecule has 0 aliphatic heterocycles. The molecule has 1 aromatic rings. The molecule has 0 spiro atoms. The highest BCUT2D eigenvalue weighted by molar-refractivity contribution is 5.92. The summed E-state index contributed by atoms with van der Waals surface area (Å²) >= 11 is 0. The second-order valence-electron chi connectivity index (χ2n) is 3.14. The van der Waals surface area contributed by atoms with E-state index in [0.717, 1.165) is 5.56 Å². The van der Waals surface area contributed by atoms with Gasteiger partial charge in [0.2, 0.25) is 5.96 Å². The minimum atomic E-state index is -0.0824. The van der Waals surface area contributed by atoms with Crippen molar-refractivity contribution in [2.45, 2.75) is 27.3 Å². The van der Waals surface area contributed by atoms with E-state index >= 15 is 0 Å². The second kappa shape index (κ2) is 8.15. The van der Waals surface area contributed by atoms with Crippen molar-refractivity contribution >= 4 is 11.9 Å². The first-order chi connectivity index (χ1) is 8.09. The number of hydrogen-bond acceptors (Lipinski definition) is 1. The first-order valence-corrected chi connectivity index (χ1v) is 5.53. The monoisotopic (exact) mass is 235 g/mol. The van der Waals surface area contributed by atoms with Gasteiger partial charge in [-0.25, -0.2) is 4.99 Å². The number of benzene rings is 1. The summed E-state index contributed by atoms with van der Waals surface area (Å²) in [6, 6.07) is 7.93. The summed E-state index contributed by atoms with van der Waals surface area (Å²) in [7, 11) is 0. The maximum atomic E-state index is 5.48. The zero-order valence-electron chi connectivity index (χ0n) is 10.6. The first-order valence-electron chi connectivity index (χ1n) is 5.53. The molecule has 0 heterocycles. The lowest BCUT2D eigenvalue weighted by Crippen LogP contribution is -2.26. The van der Waals surface area contributed by atoms with E-state index in [1.54, 1.807) is 0 Å². The molecular formula is C12H21N5. The summed E-state index contributed by atoms with van der Waals surface area (Å²) in [5, 5.41) is 0. The van der Waals surface area contributed by atoms with Crippen LogP contribution in [0.2, 0.25) is 0 Å². The van der Waals surface area contributed by atoms with Crippen LogP contribution in [0.15, 0.2) is 34.3 Å². The van der Waals surface area contributed by atoms with Crippen molar-refractivity contribution in [2.24, 2.45) is 27.2 Å². The van der Waals surface area contributed by atoms with E-state index in [1.165, 1.54) is 5.56 Å². The van der Waals surface area contributed by atoms with Crippen LogP contribution >= 0.6 is 0 Å². The lowest BCUT2D eigenvalue weighted by Gasteiger charge is -2.01. The Labute approximate surface area is 102 Å². The Kier molecular flexibility index (Phi) is 7.17. The molecule has 0 aromatic heterocycles. The number of hydrogen-bond donors (Lipinski definition) is 3. The quantitative estimate of drug-likeness (QED) is 0.528. The van der Waals surface area contributed by atoms with Crippen molar-refractivity contribution < 1.29 is 0 Å². The largest absolute Gasteiger partial charge is 0.370 e. The van der Waals surface area contributed by atoms with Gasteiger partial charge in [0.15, 0.2) is 5.96 Å². The molecule has 0 bridgehead atoms. The third kappa shape index (κ3) is 6.19. The molecule has 0 aliphatic rings. The standard InChI is InChI=1S/C10H15N5.C2H6/c1-7-4-2-3-5-8(7)6-14-10(13)15-9(11)12;1-2/h2-5H,6H2,1H3,(H6,11,12,13,14,15);1-2H3. The van der Waals surface area contributed by atoms with E-state index in [-0.39, 0.29) is 11.9 Å². The van der Waals surface area contributed by atoms with Crippen LogP contribution in [0.3, 0.4) is 0 Å². The van der Waals surface area contributed by atoms with E-state index in [2.05, 4.69) is 9.98 Å². The normalized spacial score (nSPS) is 10.2. The summed E-state index contributed by atoms with van der Waals surface area (Å²) in [6.45, 7) is 6.50. The summed E-state index contributed by atoms with van der Waals surface area (Å²) in [5.74, 6) is 0.0132. The molecule has 0 saturated heterocycles. The number of rotatable bonds is 2. The molecule has 17 heavy (non-hydrogen) atoms. The zero-order valence-corrected chi connectivity index (χ0v) is 10.6. The molecule has 0 fully saturated rings. The SMILES string of the molecule is CC.Cc1ccccc1CN=C(N)N=C(N)N. The Morgan fingerprint density at radius 1 is 1.12 bits per heavy atom. The molecule has 94 valence electrons. The Balaban J connectivity index is 0.00000121. The Hall–Kier alpha value is -2.04. The van der Waals surface area contributed by atoms with Gasteiger partial charge in [-0.1, -0.05) is 38.1 Å². The van der Waals surface area contributed by atoms with E-state index in [1.807, 2.05) is 45.0 Å². The smallest absolute Gasteiger partial charge is 0.218 e. The van der Waals surface area contributed by atoms with Crippen molar-refractivity contribution in [3.63, 3.8) is 0 Å². The molecule has 0 atom stereocenters. The van der Waals surface area contributed by atoms with E-state index in [0.29, 0.717) is 6.54 Å². The number of nitrogens with zero attached hydrogens (tertiary/aromatic N) is 2. The van der Waals surface area contributed by atoms with Gasteiger partial charge in [-0.3, -0.25) is 0 Å². The van der Waals surface area contributed by atoms with E-state index < -0.39 is 0 Å². The van der Waals surface area contributed by atoms with Crippen LogP contribution in [-0.4, -0.2) is 11.9 Å². The van der Waals surface area contributed by atoms with Gasteiger partial charge >= 0.3 is 0 Å². The minimum absolute atomic E-state index is 0.0824. The maximum Gasteiger partial charge on any atom is 0.218 e. The molecule has 1 aromatic carbocycles. The van der Waals surface area contributed by atoms with Crippen molar-refractivity contribution in [1.29, 1.82) is 0 Å². The van der Waals surface area contributed by atoms with Crippen LogP contribution in [0, 0.1) is 6.92 Å². The zero-order chi connectivity index (χ0) is 13.3. The lowest BCUT2D eigenvalue weighted by atomic mass is 10.1. The highest BCUT2D eigenvalue weighted by atomic mass is 15.1. The summed E-state index contributed by atoms with van der Waals surface area (Å²) in [6.07, 6.45) is 0. The second-order valence-corrected chi connectivity index (χ2v) is 3.14. The molecule has 1 rings (SSSR count). The number of nitrogens with two attached hydrogens (primary N) is 3. The molecule has 0 amide bonds. The Bertz CT molecular complexity index is 392. The fourth-order valence-corrected chi connectivity index (χ4v) is 1.12. The van der Waals surface area contributed by atoms with Crippen LogP contribution < -0.4 is 17.2 Å². The lowest BCUT2D eigenvalue weighted by molar-refractivity contribution is 1.03. The van der Waals surface area contributed by atoms with Crippen LogP contribution in [0.1, 0.15) is 25.0 Å². The third-order valence-corrected chi connectivity index (χ3v) is 1.92. The first kappa shape index (κ1) is 15.0. The molecule has 0 saturated carbocycles. The van der Waals surface area contributed by atoms with Crippen LogP contribution in [-0.2, 0) is 6.54 Å². The third-order valence-electron chi connectivity index (χ3n) is 1.92. The number of guanidine groups is 2. The van der Waals surface area contributed by atoms with Gasteiger partial charge in [0.1, 0.15) is 0 Å². The molecule has 0 aliphatic carbocycles. The fraction of sp³-hybridized carbons (Fsp3) is 0.333. The predicted molar refractivity (Wildman–Crippen MR) is 73.7 cm³/mol. The Morgan fingerprint density at radius 2 is 1.71 bits per heavy atom. The average Bonchev–Trinajstić information content (AvgIpc) is 2.30. The molecule has 5 heteroatoms. The summed E-state index contributed by atoms with van der Waals surface area (Å²) < 4.78 is 0. The predicted octanol–water partition coefficient (Wildman–Crippen LogP) is 1.11. The molecule has 0 radical (unpaired) electrons. The van der Waals surface area contributed by atoms with Gasteiger partial charge < -0.3 is 17.2 Å². The van der Waals surface area contributed by atoms with Gasteiger partial charge in [0.05, 0.1) is 6.54 Å².